The quantitative estimate of drug-likeness (QED) is 0.295. The molecule has 0 atom stereocenters. The largest absolute Gasteiger partial charge is 0.493 e. The van der Waals surface area contributed by atoms with E-state index in [1.807, 2.05) is 25.2 Å². The summed E-state index contributed by atoms with van der Waals surface area (Å²) in [6, 6.07) is 5.98. The first-order chi connectivity index (χ1) is 18.0. The molecule has 0 bridgehead atoms. The molecule has 1 aromatic rings. The van der Waals surface area contributed by atoms with E-state index in [0.717, 1.165) is 47.4 Å². The standard InChI is InChI=1S/C33H47NO4/c1-8-9-10-11-12-13-16-38-27-15-14-22(17-28(27)37-7)29-30-23(18-32(2,3)20-25(30)35)34(6)24-19-33(4,5)21-26(36)31(24)29/h14-15,17,29H,8-13,16,18-21H2,1-7H3. The zero-order chi connectivity index (χ0) is 27.7. The van der Waals surface area contributed by atoms with Crippen LogP contribution >= 0.6 is 0 Å². The molecule has 0 fully saturated rings. The minimum atomic E-state index is -0.357. The van der Waals surface area contributed by atoms with Gasteiger partial charge in [0.15, 0.2) is 23.1 Å². The lowest BCUT2D eigenvalue weighted by molar-refractivity contribution is -0.119. The van der Waals surface area contributed by atoms with Crippen molar-refractivity contribution in [3.8, 4) is 11.5 Å². The zero-order valence-corrected chi connectivity index (χ0v) is 24.7. The van der Waals surface area contributed by atoms with E-state index in [2.05, 4.69) is 39.5 Å². The molecule has 5 heteroatoms. The van der Waals surface area contributed by atoms with Gasteiger partial charge in [-0.15, -0.1) is 0 Å². The lowest BCUT2D eigenvalue weighted by Crippen LogP contribution is -2.43. The van der Waals surface area contributed by atoms with E-state index in [9.17, 15) is 9.59 Å². The number of carbonyl (C=O) groups excluding carboxylic acids is 2. The maximum atomic E-state index is 13.7. The molecule has 1 aromatic carbocycles. The van der Waals surface area contributed by atoms with Gasteiger partial charge < -0.3 is 14.4 Å². The molecule has 3 aliphatic rings. The van der Waals surface area contributed by atoms with Crippen LogP contribution in [-0.2, 0) is 9.59 Å². The lowest BCUT2D eigenvalue weighted by atomic mass is 9.64. The van der Waals surface area contributed by atoms with Gasteiger partial charge in [-0.2, -0.15) is 0 Å². The van der Waals surface area contributed by atoms with Crippen LogP contribution in [0.3, 0.4) is 0 Å². The van der Waals surface area contributed by atoms with Crippen molar-refractivity contribution >= 4 is 11.6 Å². The number of methoxy groups -OCH3 is 1. The fraction of sp³-hybridized carbons (Fsp3) is 0.636. The van der Waals surface area contributed by atoms with Gasteiger partial charge in [0, 0.05) is 48.3 Å². The van der Waals surface area contributed by atoms with Crippen molar-refractivity contribution in [2.45, 2.75) is 105 Å². The highest BCUT2D eigenvalue weighted by molar-refractivity contribution is 6.06. The van der Waals surface area contributed by atoms with Crippen molar-refractivity contribution in [3.63, 3.8) is 0 Å². The fourth-order valence-electron chi connectivity index (χ4n) is 6.55. The number of ketones is 2. The van der Waals surface area contributed by atoms with Crippen LogP contribution in [0.5, 0.6) is 11.5 Å². The first kappa shape index (κ1) is 28.4. The van der Waals surface area contributed by atoms with E-state index in [4.69, 9.17) is 9.47 Å². The molecule has 0 N–H and O–H groups in total. The summed E-state index contributed by atoms with van der Waals surface area (Å²) in [7, 11) is 3.70. The molecule has 1 heterocycles. The number of hydrogen-bond donors (Lipinski definition) is 0. The van der Waals surface area contributed by atoms with Gasteiger partial charge in [0.05, 0.1) is 13.7 Å². The Morgan fingerprint density at radius 3 is 1.92 bits per heavy atom. The van der Waals surface area contributed by atoms with E-state index in [0.29, 0.717) is 30.9 Å². The van der Waals surface area contributed by atoms with Crippen LogP contribution in [0.15, 0.2) is 40.7 Å². The molecule has 0 saturated heterocycles. The number of hydrogen-bond acceptors (Lipinski definition) is 5. The second-order valence-electron chi connectivity index (χ2n) is 13.1. The van der Waals surface area contributed by atoms with Gasteiger partial charge in [0.25, 0.3) is 0 Å². The number of allylic oxidation sites excluding steroid dienone is 4. The molecule has 0 amide bonds. The highest BCUT2D eigenvalue weighted by atomic mass is 16.5. The van der Waals surface area contributed by atoms with Gasteiger partial charge in [0.1, 0.15) is 0 Å². The van der Waals surface area contributed by atoms with Gasteiger partial charge in [-0.3, -0.25) is 9.59 Å². The number of Topliss-reactive ketones (excluding diaryl/α,β-unsaturated/α-hetero) is 2. The molecule has 2 aliphatic carbocycles. The number of ether oxygens (including phenoxy) is 2. The SMILES string of the molecule is CCCCCCCCOc1ccc(C2C3=C(CC(C)(C)CC3=O)N(C)C3=C2C(=O)CC(C)(C)C3)cc1OC. The summed E-state index contributed by atoms with van der Waals surface area (Å²) in [6.07, 6.45) is 9.90. The molecule has 0 radical (unpaired) electrons. The van der Waals surface area contributed by atoms with E-state index >= 15 is 0 Å². The van der Waals surface area contributed by atoms with Crippen LogP contribution in [0.4, 0.5) is 0 Å². The van der Waals surface area contributed by atoms with Crippen LogP contribution < -0.4 is 9.47 Å². The molecule has 0 aromatic heterocycles. The fourth-order valence-corrected chi connectivity index (χ4v) is 6.55. The first-order valence-corrected chi connectivity index (χ1v) is 14.5. The van der Waals surface area contributed by atoms with Gasteiger partial charge in [-0.25, -0.2) is 0 Å². The molecule has 5 nitrogen and oxygen atoms in total. The van der Waals surface area contributed by atoms with E-state index < -0.39 is 0 Å². The van der Waals surface area contributed by atoms with Crippen LogP contribution in [0.1, 0.15) is 110 Å². The average molecular weight is 522 g/mol. The van der Waals surface area contributed by atoms with Crippen molar-refractivity contribution in [3.05, 3.63) is 46.3 Å². The van der Waals surface area contributed by atoms with Crippen molar-refractivity contribution in [2.24, 2.45) is 10.8 Å². The van der Waals surface area contributed by atoms with Crippen LogP contribution in [0.25, 0.3) is 0 Å². The summed E-state index contributed by atoms with van der Waals surface area (Å²) in [5.74, 6) is 1.32. The zero-order valence-electron chi connectivity index (χ0n) is 24.7. The van der Waals surface area contributed by atoms with E-state index in [1.54, 1.807) is 7.11 Å². The minimum absolute atomic E-state index is 0.104. The molecule has 0 unspecified atom stereocenters. The molecule has 208 valence electrons. The number of carbonyl (C=O) groups is 2. The predicted molar refractivity (Wildman–Crippen MR) is 152 cm³/mol. The Bertz CT molecular complexity index is 1090. The Morgan fingerprint density at radius 1 is 0.816 bits per heavy atom. The second kappa shape index (κ2) is 11.3. The number of unbranched alkanes of at least 4 members (excludes halogenated alkanes) is 5. The summed E-state index contributed by atoms with van der Waals surface area (Å²) >= 11 is 0. The first-order valence-electron chi connectivity index (χ1n) is 14.5. The van der Waals surface area contributed by atoms with Gasteiger partial charge in [0.2, 0.25) is 0 Å². The third-order valence-electron chi connectivity index (χ3n) is 8.46. The van der Waals surface area contributed by atoms with E-state index in [-0.39, 0.29) is 28.3 Å². The summed E-state index contributed by atoms with van der Waals surface area (Å²) in [6.45, 7) is 11.5. The Hall–Kier alpha value is -2.56. The third-order valence-corrected chi connectivity index (χ3v) is 8.46. The molecule has 4 rings (SSSR count). The lowest BCUT2D eigenvalue weighted by Gasteiger charge is -2.47. The van der Waals surface area contributed by atoms with Crippen molar-refractivity contribution in [1.29, 1.82) is 0 Å². The smallest absolute Gasteiger partial charge is 0.162 e. The maximum Gasteiger partial charge on any atom is 0.162 e. The second-order valence-corrected chi connectivity index (χ2v) is 13.1. The molecule has 1 aliphatic heterocycles. The van der Waals surface area contributed by atoms with Crippen LogP contribution in [0.2, 0.25) is 0 Å². The van der Waals surface area contributed by atoms with Crippen molar-refractivity contribution < 1.29 is 19.1 Å². The molecular formula is C33H47NO4. The average Bonchev–Trinajstić information content (AvgIpc) is 2.83. The Labute approximate surface area is 229 Å². The van der Waals surface area contributed by atoms with E-state index in [1.165, 1.54) is 32.1 Å². The monoisotopic (exact) mass is 521 g/mol. The summed E-state index contributed by atoms with van der Waals surface area (Å²) in [5, 5.41) is 0. The summed E-state index contributed by atoms with van der Waals surface area (Å²) in [5.41, 5.74) is 4.45. The third kappa shape index (κ3) is 5.87. The van der Waals surface area contributed by atoms with Crippen molar-refractivity contribution in [2.75, 3.05) is 20.8 Å². The summed E-state index contributed by atoms with van der Waals surface area (Å²) < 4.78 is 11.9. The normalized spacial score (nSPS) is 21.0. The highest BCUT2D eigenvalue weighted by Gasteiger charge is 2.48. The Morgan fingerprint density at radius 2 is 1.37 bits per heavy atom. The number of rotatable bonds is 10. The topological polar surface area (TPSA) is 55.8 Å². The molecule has 38 heavy (non-hydrogen) atoms. The predicted octanol–water partition coefficient (Wildman–Crippen LogP) is 7.75. The van der Waals surface area contributed by atoms with Gasteiger partial charge >= 0.3 is 0 Å². The summed E-state index contributed by atoms with van der Waals surface area (Å²) in [4.78, 5) is 29.6. The molecule has 0 saturated carbocycles. The van der Waals surface area contributed by atoms with Gasteiger partial charge in [-0.1, -0.05) is 72.8 Å². The Kier molecular flexibility index (Phi) is 8.44. The highest BCUT2D eigenvalue weighted by Crippen LogP contribution is 2.54. The minimum Gasteiger partial charge on any atom is -0.493 e. The Balaban J connectivity index is 1.68. The number of nitrogens with zero attached hydrogens (tertiary/aromatic N) is 1. The number of benzene rings is 1. The molecule has 0 spiro atoms. The van der Waals surface area contributed by atoms with Crippen LogP contribution in [0, 0.1) is 10.8 Å². The van der Waals surface area contributed by atoms with Crippen LogP contribution in [-0.4, -0.2) is 37.2 Å². The maximum absolute atomic E-state index is 13.7. The van der Waals surface area contributed by atoms with Gasteiger partial charge in [-0.05, 0) is 47.8 Å². The molecular weight excluding hydrogens is 474 g/mol. The van der Waals surface area contributed by atoms with Crippen molar-refractivity contribution in [1.82, 2.24) is 4.90 Å².